The van der Waals surface area contributed by atoms with Crippen LogP contribution in [0.15, 0.2) is 0 Å². The molecule has 0 aromatic rings. The van der Waals surface area contributed by atoms with Crippen LogP contribution in [-0.4, -0.2) is 40.3 Å². The molecule has 1 heterocycles. The Morgan fingerprint density at radius 2 is 1.59 bits per heavy atom. The number of rotatable bonds is 11. The van der Waals surface area contributed by atoms with Crippen molar-refractivity contribution in [3.63, 3.8) is 0 Å². The molecule has 1 amide bonds. The molecule has 0 aromatic heterocycles. The number of hydrogen-bond donors (Lipinski definition) is 1. The number of unbranched alkanes of at least 4 members (excludes halogenated alkanes) is 8. The quantitative estimate of drug-likeness (QED) is 0.465. The van der Waals surface area contributed by atoms with E-state index in [2.05, 4.69) is 6.92 Å². The maximum absolute atomic E-state index is 12.1. The van der Waals surface area contributed by atoms with Crippen LogP contribution in [0.4, 0.5) is 4.79 Å². The lowest BCUT2D eigenvalue weighted by Gasteiger charge is -2.18. The molecule has 0 saturated carbocycles. The minimum Gasteiger partial charge on any atom is -0.465 e. The van der Waals surface area contributed by atoms with E-state index < -0.39 is 12.1 Å². The predicted octanol–water partition coefficient (Wildman–Crippen LogP) is 3.80. The fourth-order valence-electron chi connectivity index (χ4n) is 2.98. The van der Waals surface area contributed by atoms with Gasteiger partial charge in [-0.2, -0.15) is 0 Å². The largest absolute Gasteiger partial charge is 0.465 e. The number of likely N-dealkylation sites (tertiary alicyclic amines) is 1. The highest BCUT2D eigenvalue weighted by atomic mass is 16.4. The van der Waals surface area contributed by atoms with E-state index in [-0.39, 0.29) is 24.5 Å². The molecular weight excluding hydrogens is 282 g/mol. The van der Waals surface area contributed by atoms with Gasteiger partial charge in [-0.3, -0.25) is 14.5 Å². The summed E-state index contributed by atoms with van der Waals surface area (Å²) in [6.07, 6.45) is 9.77. The van der Waals surface area contributed by atoms with Crippen molar-refractivity contribution in [3.8, 4) is 0 Å². The maximum Gasteiger partial charge on any atom is 0.408 e. The van der Waals surface area contributed by atoms with Gasteiger partial charge in [-0.15, -0.1) is 0 Å². The molecule has 0 radical (unpaired) electrons. The molecule has 1 fully saturated rings. The van der Waals surface area contributed by atoms with Gasteiger partial charge in [0.2, 0.25) is 0 Å². The zero-order chi connectivity index (χ0) is 16.4. The number of amides is 1. The molecular formula is C17H29NO4. The second-order valence-electron chi connectivity index (χ2n) is 6.14. The van der Waals surface area contributed by atoms with E-state index in [0.717, 1.165) is 24.2 Å². The topological polar surface area (TPSA) is 74.7 Å². The van der Waals surface area contributed by atoms with Crippen molar-refractivity contribution in [2.45, 2.75) is 83.6 Å². The molecule has 5 heteroatoms. The summed E-state index contributed by atoms with van der Waals surface area (Å²) in [5.41, 5.74) is 0. The van der Waals surface area contributed by atoms with Crippen LogP contribution >= 0.6 is 0 Å². The fraction of sp³-hybridized carbons (Fsp3) is 0.824. The summed E-state index contributed by atoms with van der Waals surface area (Å²) in [6, 6.07) is -1.04. The Labute approximate surface area is 133 Å². The van der Waals surface area contributed by atoms with Gasteiger partial charge in [0.25, 0.3) is 0 Å². The average molecular weight is 311 g/mol. The maximum atomic E-state index is 12.1. The van der Waals surface area contributed by atoms with E-state index in [1.807, 2.05) is 0 Å². The molecule has 0 aliphatic carbocycles. The lowest BCUT2D eigenvalue weighted by molar-refractivity contribution is -0.130. The molecule has 1 saturated heterocycles. The summed E-state index contributed by atoms with van der Waals surface area (Å²) in [7, 11) is 0. The zero-order valence-corrected chi connectivity index (χ0v) is 13.7. The van der Waals surface area contributed by atoms with E-state index in [4.69, 9.17) is 5.11 Å². The normalized spacial score (nSPS) is 18.0. The van der Waals surface area contributed by atoms with Crippen LogP contribution in [0, 0.1) is 0 Å². The molecule has 1 aliphatic rings. The number of carboxylic acid groups (broad SMARTS) is 1. The smallest absolute Gasteiger partial charge is 0.408 e. The van der Waals surface area contributed by atoms with Crippen molar-refractivity contribution in [1.29, 1.82) is 0 Å². The molecule has 126 valence electrons. The van der Waals surface area contributed by atoms with Gasteiger partial charge in [-0.1, -0.05) is 58.3 Å². The van der Waals surface area contributed by atoms with Crippen LogP contribution in [-0.2, 0) is 9.59 Å². The van der Waals surface area contributed by atoms with Gasteiger partial charge < -0.3 is 5.11 Å². The Morgan fingerprint density at radius 1 is 1.05 bits per heavy atom. The molecule has 1 unspecified atom stereocenters. The fourth-order valence-corrected chi connectivity index (χ4v) is 2.98. The molecule has 1 rings (SSSR count). The highest BCUT2D eigenvalue weighted by Crippen LogP contribution is 2.18. The first-order chi connectivity index (χ1) is 10.6. The Bertz CT molecular complexity index is 381. The molecule has 22 heavy (non-hydrogen) atoms. The van der Waals surface area contributed by atoms with E-state index in [0.29, 0.717) is 6.42 Å². The minimum atomic E-state index is -1.17. The van der Waals surface area contributed by atoms with Gasteiger partial charge in [0.05, 0.1) is 0 Å². The van der Waals surface area contributed by atoms with Gasteiger partial charge >= 0.3 is 6.09 Å². The molecule has 1 N–H and O–H groups in total. The van der Waals surface area contributed by atoms with Gasteiger partial charge in [-0.05, 0) is 6.42 Å². The molecule has 0 spiro atoms. The minimum absolute atomic E-state index is 0.155. The average Bonchev–Trinajstić information content (AvgIpc) is 2.87. The summed E-state index contributed by atoms with van der Waals surface area (Å²) >= 11 is 0. The van der Waals surface area contributed by atoms with E-state index in [1.165, 1.54) is 38.5 Å². The third kappa shape index (κ3) is 6.16. The summed E-state index contributed by atoms with van der Waals surface area (Å²) < 4.78 is 0. The third-order valence-corrected chi connectivity index (χ3v) is 4.29. The first-order valence-electron chi connectivity index (χ1n) is 8.63. The predicted molar refractivity (Wildman–Crippen MR) is 85.0 cm³/mol. The molecule has 0 bridgehead atoms. The summed E-state index contributed by atoms with van der Waals surface area (Å²) in [5.74, 6) is -0.476. The van der Waals surface area contributed by atoms with Crippen LogP contribution < -0.4 is 0 Å². The van der Waals surface area contributed by atoms with E-state index in [1.54, 1.807) is 0 Å². The number of carbonyl (C=O) groups is 3. The molecule has 0 aromatic carbocycles. The summed E-state index contributed by atoms with van der Waals surface area (Å²) in [4.78, 5) is 35.7. The Morgan fingerprint density at radius 3 is 2.14 bits per heavy atom. The number of ketones is 2. The first kappa shape index (κ1) is 18.7. The van der Waals surface area contributed by atoms with Gasteiger partial charge in [0.15, 0.2) is 17.6 Å². The van der Waals surface area contributed by atoms with Crippen molar-refractivity contribution in [1.82, 2.24) is 4.90 Å². The highest BCUT2D eigenvalue weighted by Gasteiger charge is 2.40. The lowest BCUT2D eigenvalue weighted by atomic mass is 10.0. The number of Topliss-reactive ketones (excluding diaryl/α,β-unsaturated/α-hetero) is 2. The van der Waals surface area contributed by atoms with Crippen molar-refractivity contribution in [2.24, 2.45) is 0 Å². The van der Waals surface area contributed by atoms with Crippen LogP contribution in [0.2, 0.25) is 0 Å². The lowest BCUT2D eigenvalue weighted by Crippen LogP contribution is -2.42. The van der Waals surface area contributed by atoms with Crippen LogP contribution in [0.25, 0.3) is 0 Å². The van der Waals surface area contributed by atoms with E-state index in [9.17, 15) is 14.4 Å². The number of carbonyl (C=O) groups excluding carboxylic acids is 2. The Hall–Kier alpha value is -1.39. The first-order valence-corrected chi connectivity index (χ1v) is 8.63. The van der Waals surface area contributed by atoms with Crippen molar-refractivity contribution < 1.29 is 19.5 Å². The highest BCUT2D eigenvalue weighted by molar-refractivity contribution is 6.09. The second-order valence-corrected chi connectivity index (χ2v) is 6.14. The van der Waals surface area contributed by atoms with Gasteiger partial charge in [-0.25, -0.2) is 4.79 Å². The number of hydrogen-bond acceptors (Lipinski definition) is 3. The monoisotopic (exact) mass is 311 g/mol. The second kappa shape index (κ2) is 10.4. The van der Waals surface area contributed by atoms with Crippen LogP contribution in [0.5, 0.6) is 0 Å². The van der Waals surface area contributed by atoms with Crippen LogP contribution in [0.3, 0.4) is 0 Å². The SMILES string of the molecule is CCCCCCCCCCCC(=O)C1C(=O)CCN1C(=O)O. The van der Waals surface area contributed by atoms with E-state index >= 15 is 0 Å². The molecule has 1 atom stereocenters. The third-order valence-electron chi connectivity index (χ3n) is 4.29. The zero-order valence-electron chi connectivity index (χ0n) is 13.7. The molecule has 1 aliphatic heterocycles. The van der Waals surface area contributed by atoms with Gasteiger partial charge in [0, 0.05) is 19.4 Å². The van der Waals surface area contributed by atoms with Crippen LogP contribution in [0.1, 0.15) is 77.6 Å². The summed E-state index contributed by atoms with van der Waals surface area (Å²) in [6.45, 7) is 2.36. The Balaban J connectivity index is 2.13. The van der Waals surface area contributed by atoms with Gasteiger partial charge in [0.1, 0.15) is 0 Å². The van der Waals surface area contributed by atoms with Crippen molar-refractivity contribution in [2.75, 3.05) is 6.54 Å². The molecule has 5 nitrogen and oxygen atoms in total. The number of nitrogens with zero attached hydrogens (tertiary/aromatic N) is 1. The van der Waals surface area contributed by atoms with Crippen molar-refractivity contribution in [3.05, 3.63) is 0 Å². The standard InChI is InChI=1S/C17H29NO4/c1-2-3-4-5-6-7-8-9-10-11-14(19)16-15(20)12-13-18(16)17(21)22/h16H,2-13H2,1H3,(H,21,22). The Kier molecular flexibility index (Phi) is 8.78. The van der Waals surface area contributed by atoms with Crippen molar-refractivity contribution >= 4 is 17.7 Å². The summed E-state index contributed by atoms with van der Waals surface area (Å²) in [5, 5.41) is 9.00.